The van der Waals surface area contributed by atoms with E-state index < -0.39 is 5.63 Å². The number of hydrogen-bond donors (Lipinski definition) is 0. The van der Waals surface area contributed by atoms with Gasteiger partial charge in [0.25, 0.3) is 0 Å². The molecular weight excluding hydrogens is 336 g/mol. The monoisotopic (exact) mass is 350 g/mol. The molecule has 3 aromatic rings. The Balaban J connectivity index is 1.88. The van der Waals surface area contributed by atoms with E-state index in [4.69, 9.17) is 4.42 Å². The van der Waals surface area contributed by atoms with E-state index >= 15 is 0 Å². The molecule has 0 aliphatic rings. The summed E-state index contributed by atoms with van der Waals surface area (Å²) in [5.74, 6) is -0.345. The Kier molecular flexibility index (Phi) is 4.68. The number of thioether (sulfide) groups is 1. The Hall–Kier alpha value is -2.91. The Morgan fingerprint density at radius 2 is 2.04 bits per heavy atom. The van der Waals surface area contributed by atoms with Gasteiger partial charge in [-0.15, -0.1) is 0 Å². The number of para-hydroxylation sites is 1. The number of aromatic nitrogens is 1. The van der Waals surface area contributed by atoms with Crippen molar-refractivity contribution in [3.8, 4) is 6.07 Å². The van der Waals surface area contributed by atoms with E-state index in [0.29, 0.717) is 21.6 Å². The topological polar surface area (TPSA) is 84.0 Å². The van der Waals surface area contributed by atoms with Gasteiger partial charge in [0.2, 0.25) is 0 Å². The second kappa shape index (κ2) is 6.91. The molecule has 0 aliphatic carbocycles. The number of nitrogens with zero attached hydrogens (tertiary/aromatic N) is 2. The average molecular weight is 350 g/mol. The van der Waals surface area contributed by atoms with Crippen molar-refractivity contribution >= 4 is 28.5 Å². The van der Waals surface area contributed by atoms with Crippen molar-refractivity contribution in [2.45, 2.75) is 18.9 Å². The molecule has 124 valence electrons. The largest absolute Gasteiger partial charge is 0.422 e. The third-order valence-corrected chi connectivity index (χ3v) is 4.68. The van der Waals surface area contributed by atoms with Gasteiger partial charge in [0.15, 0.2) is 5.78 Å². The van der Waals surface area contributed by atoms with Gasteiger partial charge in [0.05, 0.1) is 11.3 Å². The van der Waals surface area contributed by atoms with Crippen LogP contribution >= 0.6 is 11.8 Å². The van der Waals surface area contributed by atoms with Crippen LogP contribution < -0.4 is 5.63 Å². The lowest BCUT2D eigenvalue weighted by Gasteiger charge is -2.07. The third kappa shape index (κ3) is 3.47. The highest BCUT2D eigenvalue weighted by atomic mass is 32.2. The fourth-order valence-electron chi connectivity index (χ4n) is 2.51. The quantitative estimate of drug-likeness (QED) is 0.406. The van der Waals surface area contributed by atoms with Crippen molar-refractivity contribution in [3.05, 3.63) is 69.2 Å². The zero-order valence-electron chi connectivity index (χ0n) is 13.7. The van der Waals surface area contributed by atoms with Gasteiger partial charge in [-0.05, 0) is 37.6 Å². The number of carbonyl (C=O) groups excluding carboxylic acids is 1. The van der Waals surface area contributed by atoms with E-state index in [1.54, 1.807) is 24.3 Å². The third-order valence-electron chi connectivity index (χ3n) is 3.71. The molecule has 5 nitrogen and oxygen atoms in total. The van der Waals surface area contributed by atoms with Gasteiger partial charge in [-0.25, -0.2) is 9.78 Å². The molecule has 0 amide bonds. The van der Waals surface area contributed by atoms with Crippen molar-refractivity contribution in [1.82, 2.24) is 4.98 Å². The molecule has 25 heavy (non-hydrogen) atoms. The molecule has 0 bridgehead atoms. The highest BCUT2D eigenvalue weighted by Crippen LogP contribution is 2.24. The number of hydrogen-bond acceptors (Lipinski definition) is 6. The van der Waals surface area contributed by atoms with E-state index in [1.807, 2.05) is 26.0 Å². The van der Waals surface area contributed by atoms with Crippen LogP contribution in [-0.2, 0) is 0 Å². The van der Waals surface area contributed by atoms with E-state index in [1.165, 1.54) is 0 Å². The molecule has 3 rings (SSSR count). The molecule has 1 aromatic carbocycles. The molecule has 2 heterocycles. The van der Waals surface area contributed by atoms with Crippen molar-refractivity contribution in [2.24, 2.45) is 0 Å². The highest BCUT2D eigenvalue weighted by molar-refractivity contribution is 8.00. The number of aryl methyl sites for hydroxylation is 2. The number of ketones is 1. The maximum Gasteiger partial charge on any atom is 0.347 e. The predicted octanol–water partition coefficient (Wildman–Crippen LogP) is 3.65. The lowest BCUT2D eigenvalue weighted by atomic mass is 10.1. The smallest absolute Gasteiger partial charge is 0.347 e. The second-order valence-electron chi connectivity index (χ2n) is 5.57. The minimum atomic E-state index is -0.654. The summed E-state index contributed by atoms with van der Waals surface area (Å²) in [5.41, 5.74) is 1.84. The second-order valence-corrected chi connectivity index (χ2v) is 6.53. The lowest BCUT2D eigenvalue weighted by Crippen LogP contribution is -2.15. The molecule has 0 saturated carbocycles. The van der Waals surface area contributed by atoms with Crippen LogP contribution in [0, 0.1) is 25.2 Å². The molecule has 6 heteroatoms. The van der Waals surface area contributed by atoms with Gasteiger partial charge in [0, 0.05) is 11.1 Å². The van der Waals surface area contributed by atoms with Crippen molar-refractivity contribution in [1.29, 1.82) is 5.26 Å². The summed E-state index contributed by atoms with van der Waals surface area (Å²) in [5, 5.41) is 10.5. The molecule has 0 atom stereocenters. The molecule has 0 radical (unpaired) electrons. The number of rotatable bonds is 4. The van der Waals surface area contributed by atoms with E-state index in [0.717, 1.165) is 23.0 Å². The number of Topliss-reactive ketones (excluding diaryl/α,β-unsaturated/α-hetero) is 1. The SMILES string of the molecule is Cc1cc(C)c(C#N)c(SCC(=O)c2cc3ccccc3oc2=O)n1. The molecule has 0 N–H and O–H groups in total. The molecular formula is C19H14N2O3S. The summed E-state index contributed by atoms with van der Waals surface area (Å²) in [4.78, 5) is 28.8. The van der Waals surface area contributed by atoms with Gasteiger partial charge >= 0.3 is 5.63 Å². The van der Waals surface area contributed by atoms with Gasteiger partial charge in [0.1, 0.15) is 22.2 Å². The average Bonchev–Trinajstić information content (AvgIpc) is 2.58. The minimum absolute atomic E-state index is 0.00761. The Morgan fingerprint density at radius 1 is 1.28 bits per heavy atom. The number of nitriles is 1. The maximum absolute atomic E-state index is 12.5. The van der Waals surface area contributed by atoms with Gasteiger partial charge in [-0.1, -0.05) is 30.0 Å². The van der Waals surface area contributed by atoms with Crippen LogP contribution in [0.3, 0.4) is 0 Å². The molecule has 2 aromatic heterocycles. The Labute approximate surface area is 148 Å². The van der Waals surface area contributed by atoms with Crippen LogP contribution in [0.1, 0.15) is 27.2 Å². The predicted molar refractivity (Wildman–Crippen MR) is 96.0 cm³/mol. The standard InChI is InChI=1S/C19H14N2O3S/c1-11-7-12(2)21-18(15(11)9-20)25-10-16(22)14-8-13-5-3-4-6-17(13)24-19(14)23/h3-8H,10H2,1-2H3. The summed E-state index contributed by atoms with van der Waals surface area (Å²) in [6, 6.07) is 12.5. The number of fused-ring (bicyclic) bond motifs is 1. The van der Waals surface area contributed by atoms with E-state index in [2.05, 4.69) is 11.1 Å². The van der Waals surface area contributed by atoms with Crippen LogP contribution in [0.15, 0.2) is 50.6 Å². The summed E-state index contributed by atoms with van der Waals surface area (Å²) in [6.45, 7) is 3.66. The highest BCUT2D eigenvalue weighted by Gasteiger charge is 2.16. The molecule has 0 unspecified atom stereocenters. The molecule has 0 fully saturated rings. The Bertz CT molecular complexity index is 1080. The van der Waals surface area contributed by atoms with Crippen LogP contribution in [0.25, 0.3) is 11.0 Å². The zero-order valence-corrected chi connectivity index (χ0v) is 14.5. The first kappa shape index (κ1) is 16.9. The number of benzene rings is 1. The fourth-order valence-corrected chi connectivity index (χ4v) is 3.49. The molecule has 0 spiro atoms. The fraction of sp³-hybridized carbons (Fsp3) is 0.158. The summed E-state index contributed by atoms with van der Waals surface area (Å²) >= 11 is 1.15. The molecule has 0 aliphatic heterocycles. The molecule has 0 saturated heterocycles. The number of pyridine rings is 1. The first-order valence-corrected chi connectivity index (χ1v) is 8.55. The number of carbonyl (C=O) groups is 1. The van der Waals surface area contributed by atoms with E-state index in [-0.39, 0.29) is 17.1 Å². The maximum atomic E-state index is 12.5. The first-order chi connectivity index (χ1) is 12.0. The van der Waals surface area contributed by atoms with Crippen molar-refractivity contribution < 1.29 is 9.21 Å². The summed E-state index contributed by atoms with van der Waals surface area (Å²) in [6.07, 6.45) is 0. The van der Waals surface area contributed by atoms with Crippen molar-refractivity contribution in [2.75, 3.05) is 5.75 Å². The van der Waals surface area contributed by atoms with Crippen LogP contribution in [-0.4, -0.2) is 16.5 Å². The first-order valence-electron chi connectivity index (χ1n) is 7.57. The lowest BCUT2D eigenvalue weighted by molar-refractivity contribution is 0.101. The van der Waals surface area contributed by atoms with Crippen LogP contribution in [0.2, 0.25) is 0 Å². The summed E-state index contributed by atoms with van der Waals surface area (Å²) in [7, 11) is 0. The summed E-state index contributed by atoms with van der Waals surface area (Å²) < 4.78 is 5.20. The van der Waals surface area contributed by atoms with Gasteiger partial charge < -0.3 is 4.42 Å². The van der Waals surface area contributed by atoms with Gasteiger partial charge in [-0.3, -0.25) is 4.79 Å². The van der Waals surface area contributed by atoms with E-state index in [9.17, 15) is 14.9 Å². The Morgan fingerprint density at radius 3 is 2.80 bits per heavy atom. The normalized spacial score (nSPS) is 10.6. The van der Waals surface area contributed by atoms with Crippen LogP contribution in [0.5, 0.6) is 0 Å². The van der Waals surface area contributed by atoms with Gasteiger partial charge in [-0.2, -0.15) is 5.26 Å². The minimum Gasteiger partial charge on any atom is -0.422 e. The van der Waals surface area contributed by atoms with Crippen molar-refractivity contribution in [3.63, 3.8) is 0 Å². The zero-order chi connectivity index (χ0) is 18.0. The van der Waals surface area contributed by atoms with Crippen LogP contribution in [0.4, 0.5) is 0 Å².